The lowest BCUT2D eigenvalue weighted by Crippen LogP contribution is -2.55. The number of nitrogens with one attached hydrogen (secondary N) is 2. The highest BCUT2D eigenvalue weighted by Gasteiger charge is 2.36. The van der Waals surface area contributed by atoms with Crippen molar-refractivity contribution in [3.8, 4) is 0 Å². The molecule has 5 heteroatoms. The second-order valence-electron chi connectivity index (χ2n) is 9.81. The highest BCUT2D eigenvalue weighted by atomic mass is 19.1. The molecule has 174 valence electrons. The molecule has 1 saturated heterocycles. The lowest BCUT2D eigenvalue weighted by molar-refractivity contribution is 0.123. The van der Waals surface area contributed by atoms with E-state index >= 15 is 0 Å². The molecule has 1 fully saturated rings. The van der Waals surface area contributed by atoms with Crippen LogP contribution < -0.4 is 5.32 Å². The van der Waals surface area contributed by atoms with Crippen molar-refractivity contribution in [3.05, 3.63) is 77.6 Å². The van der Waals surface area contributed by atoms with Crippen molar-refractivity contribution in [2.45, 2.75) is 57.9 Å². The summed E-state index contributed by atoms with van der Waals surface area (Å²) < 4.78 is 13.2. The van der Waals surface area contributed by atoms with Crippen LogP contribution in [0.15, 0.2) is 60.8 Å². The number of allylic oxidation sites excluding steroid dienone is 1. The Morgan fingerprint density at radius 3 is 2.61 bits per heavy atom. The van der Waals surface area contributed by atoms with Gasteiger partial charge in [-0.1, -0.05) is 43.8 Å². The molecule has 3 aromatic rings. The number of H-pyrrole nitrogens is 1. The first-order valence-electron chi connectivity index (χ1n) is 12.2. The molecule has 33 heavy (non-hydrogen) atoms. The molecule has 2 aliphatic rings. The Labute approximate surface area is 196 Å². The monoisotopic (exact) mass is 446 g/mol. The number of hydrogen-bond donors (Lipinski definition) is 2. The fraction of sp³-hybridized carbons (Fsp3) is 0.429. The number of benzene rings is 2. The van der Waals surface area contributed by atoms with E-state index in [4.69, 9.17) is 0 Å². The number of aromatic nitrogens is 1. The summed E-state index contributed by atoms with van der Waals surface area (Å²) >= 11 is 0. The molecule has 0 bridgehead atoms. The molecule has 2 aromatic carbocycles. The number of para-hydroxylation sites is 1. The maximum atomic E-state index is 13.2. The third-order valence-corrected chi connectivity index (χ3v) is 7.21. The van der Waals surface area contributed by atoms with Gasteiger partial charge in [0.15, 0.2) is 0 Å². The summed E-state index contributed by atoms with van der Waals surface area (Å²) in [7, 11) is 0. The predicted molar refractivity (Wildman–Crippen MR) is 135 cm³/mol. The summed E-state index contributed by atoms with van der Waals surface area (Å²) in [6, 6.07) is 18.4. The van der Waals surface area contributed by atoms with E-state index in [0.717, 1.165) is 31.6 Å². The Hall–Kier alpha value is -2.79. The van der Waals surface area contributed by atoms with Gasteiger partial charge in [0, 0.05) is 53.7 Å². The molecule has 2 aliphatic heterocycles. The Balaban J connectivity index is 1.42. The molecule has 4 nitrogen and oxygen atoms in total. The number of aromatic amines is 1. The minimum atomic E-state index is -0.765. The fourth-order valence-corrected chi connectivity index (χ4v) is 5.63. The van der Waals surface area contributed by atoms with Crippen LogP contribution in [-0.2, 0) is 6.42 Å². The van der Waals surface area contributed by atoms with E-state index in [1.54, 1.807) is 6.92 Å². The molecule has 0 amide bonds. The average molecular weight is 447 g/mol. The SMILES string of the molecule is C=C(CC)N1[C@H](c2ccc(NC3CN(C[C@@H](C)F)C3)cc2)c2[nH]c3ccccc3c2C[C@H]1C. The van der Waals surface area contributed by atoms with E-state index in [9.17, 15) is 4.39 Å². The Bertz CT molecular complexity index is 1130. The van der Waals surface area contributed by atoms with Gasteiger partial charge in [0.25, 0.3) is 0 Å². The van der Waals surface area contributed by atoms with Crippen LogP contribution in [0.5, 0.6) is 0 Å². The molecule has 5 rings (SSSR count). The van der Waals surface area contributed by atoms with E-state index in [1.165, 1.54) is 33.4 Å². The van der Waals surface area contributed by atoms with Gasteiger partial charge in [-0.3, -0.25) is 4.90 Å². The molecule has 0 saturated carbocycles. The van der Waals surface area contributed by atoms with E-state index in [2.05, 4.69) is 89.1 Å². The number of anilines is 1. The molecule has 0 unspecified atom stereocenters. The Morgan fingerprint density at radius 2 is 1.91 bits per heavy atom. The van der Waals surface area contributed by atoms with Crippen LogP contribution in [-0.4, -0.2) is 52.7 Å². The molecular weight excluding hydrogens is 411 g/mol. The third kappa shape index (κ3) is 4.15. The number of likely N-dealkylation sites (tertiary alicyclic amines) is 1. The number of nitrogens with zero attached hydrogens (tertiary/aromatic N) is 2. The summed E-state index contributed by atoms with van der Waals surface area (Å²) in [5.74, 6) is 0. The maximum Gasteiger partial charge on any atom is 0.110 e. The van der Waals surface area contributed by atoms with Gasteiger partial charge in [-0.2, -0.15) is 0 Å². The fourth-order valence-electron chi connectivity index (χ4n) is 5.63. The number of hydrogen-bond acceptors (Lipinski definition) is 3. The van der Waals surface area contributed by atoms with Gasteiger partial charge in [0.1, 0.15) is 6.17 Å². The molecular formula is C28H35FN4. The Morgan fingerprint density at radius 1 is 1.18 bits per heavy atom. The maximum absolute atomic E-state index is 13.2. The van der Waals surface area contributed by atoms with Crippen molar-refractivity contribution >= 4 is 16.6 Å². The quantitative estimate of drug-likeness (QED) is 0.475. The summed E-state index contributed by atoms with van der Waals surface area (Å²) in [5, 5.41) is 4.94. The molecule has 0 radical (unpaired) electrons. The number of halogens is 1. The van der Waals surface area contributed by atoms with Crippen LogP contribution in [0.4, 0.5) is 10.1 Å². The van der Waals surface area contributed by atoms with Crippen LogP contribution in [0.25, 0.3) is 10.9 Å². The topological polar surface area (TPSA) is 34.3 Å². The van der Waals surface area contributed by atoms with Crippen molar-refractivity contribution in [2.24, 2.45) is 0 Å². The van der Waals surface area contributed by atoms with Crippen molar-refractivity contribution < 1.29 is 4.39 Å². The highest BCUT2D eigenvalue weighted by molar-refractivity contribution is 5.85. The van der Waals surface area contributed by atoms with E-state index in [1.807, 2.05) is 0 Å². The molecule has 2 N–H and O–H groups in total. The van der Waals surface area contributed by atoms with Gasteiger partial charge in [-0.15, -0.1) is 0 Å². The summed E-state index contributed by atoms with van der Waals surface area (Å²) in [6.07, 6.45) is 1.19. The van der Waals surface area contributed by atoms with Crippen LogP contribution >= 0.6 is 0 Å². The summed E-state index contributed by atoms with van der Waals surface area (Å²) in [5.41, 5.74) is 7.51. The standard InChI is InChI=1S/C28H35FN4/c1-5-19(3)33-20(4)14-25-24-8-6-7-9-26(24)31-27(25)28(33)21-10-12-22(13-11-21)30-23-16-32(17-23)15-18(2)29/h6-13,18,20,23,28,30-31H,3,5,14-17H2,1-2,4H3/t18-,20-,28-/m1/s1. The third-order valence-electron chi connectivity index (χ3n) is 7.21. The van der Waals surface area contributed by atoms with Gasteiger partial charge < -0.3 is 15.2 Å². The van der Waals surface area contributed by atoms with E-state index in [-0.39, 0.29) is 6.04 Å². The van der Waals surface area contributed by atoms with Crippen molar-refractivity contribution in [2.75, 3.05) is 25.0 Å². The van der Waals surface area contributed by atoms with E-state index < -0.39 is 6.17 Å². The first-order chi connectivity index (χ1) is 15.9. The minimum absolute atomic E-state index is 0.128. The zero-order valence-electron chi connectivity index (χ0n) is 19.9. The van der Waals surface area contributed by atoms with Gasteiger partial charge in [0.2, 0.25) is 0 Å². The molecule has 1 aromatic heterocycles. The highest BCUT2D eigenvalue weighted by Crippen LogP contribution is 2.43. The number of fused-ring (bicyclic) bond motifs is 3. The minimum Gasteiger partial charge on any atom is -0.380 e. The molecule has 3 heterocycles. The molecule has 0 spiro atoms. The summed E-state index contributed by atoms with van der Waals surface area (Å²) in [4.78, 5) is 8.41. The zero-order chi connectivity index (χ0) is 23.1. The van der Waals surface area contributed by atoms with Gasteiger partial charge >= 0.3 is 0 Å². The molecule has 0 aliphatic carbocycles. The van der Waals surface area contributed by atoms with Gasteiger partial charge in [-0.05, 0) is 56.0 Å². The lowest BCUT2D eigenvalue weighted by atomic mass is 9.88. The normalized spacial score (nSPS) is 22.1. The predicted octanol–water partition coefficient (Wildman–Crippen LogP) is 5.88. The lowest BCUT2D eigenvalue weighted by Gasteiger charge is -2.44. The zero-order valence-corrected chi connectivity index (χ0v) is 19.9. The smallest absolute Gasteiger partial charge is 0.110 e. The largest absolute Gasteiger partial charge is 0.380 e. The van der Waals surface area contributed by atoms with Crippen LogP contribution in [0, 0.1) is 0 Å². The second-order valence-corrected chi connectivity index (χ2v) is 9.81. The number of rotatable bonds is 7. The average Bonchev–Trinajstić information content (AvgIpc) is 3.14. The van der Waals surface area contributed by atoms with Crippen molar-refractivity contribution in [1.82, 2.24) is 14.8 Å². The molecule has 3 atom stereocenters. The van der Waals surface area contributed by atoms with Gasteiger partial charge in [-0.25, -0.2) is 4.39 Å². The Kier molecular flexibility index (Phi) is 5.92. The van der Waals surface area contributed by atoms with Gasteiger partial charge in [0.05, 0.1) is 12.1 Å². The number of alkyl halides is 1. The summed E-state index contributed by atoms with van der Waals surface area (Å²) in [6.45, 7) is 12.9. The first-order valence-corrected chi connectivity index (χ1v) is 12.2. The van der Waals surface area contributed by atoms with Crippen LogP contribution in [0.3, 0.4) is 0 Å². The van der Waals surface area contributed by atoms with Crippen molar-refractivity contribution in [3.63, 3.8) is 0 Å². The van der Waals surface area contributed by atoms with Crippen molar-refractivity contribution in [1.29, 1.82) is 0 Å². The van der Waals surface area contributed by atoms with E-state index in [0.29, 0.717) is 18.6 Å². The second kappa shape index (κ2) is 8.86. The van der Waals surface area contributed by atoms with Crippen LogP contribution in [0.2, 0.25) is 0 Å². The first kappa shape index (κ1) is 22.0. The van der Waals surface area contributed by atoms with Crippen LogP contribution in [0.1, 0.15) is 50.1 Å².